The number of benzene rings is 2. The standard InChI is InChI=1S/C20H18O5S/c1-10-5-13-16(26-10)8-12-9-25-20(21)18(12)17(13)11-6-14(22-2)19(24-4)15(7-11)23-3/h5-8H,9H2,1-4H3. The van der Waals surface area contributed by atoms with Gasteiger partial charge in [-0.05, 0) is 36.8 Å². The van der Waals surface area contributed by atoms with E-state index in [4.69, 9.17) is 18.9 Å². The van der Waals surface area contributed by atoms with Gasteiger partial charge >= 0.3 is 5.97 Å². The summed E-state index contributed by atoms with van der Waals surface area (Å²) in [5.74, 6) is 1.32. The molecule has 4 rings (SSSR count). The van der Waals surface area contributed by atoms with Crippen molar-refractivity contribution in [3.05, 3.63) is 40.3 Å². The van der Waals surface area contributed by atoms with Crippen molar-refractivity contribution in [3.8, 4) is 28.4 Å². The lowest BCUT2D eigenvalue weighted by molar-refractivity contribution is 0.0535. The molecule has 0 spiro atoms. The van der Waals surface area contributed by atoms with E-state index in [1.165, 1.54) is 4.88 Å². The second-order valence-corrected chi connectivity index (χ2v) is 7.33. The van der Waals surface area contributed by atoms with Gasteiger partial charge in [0.25, 0.3) is 0 Å². The molecule has 134 valence electrons. The van der Waals surface area contributed by atoms with Crippen LogP contribution in [-0.4, -0.2) is 27.3 Å². The summed E-state index contributed by atoms with van der Waals surface area (Å²) in [7, 11) is 4.72. The molecule has 0 saturated carbocycles. The fraction of sp³-hybridized carbons (Fsp3) is 0.250. The maximum absolute atomic E-state index is 12.4. The largest absolute Gasteiger partial charge is 0.493 e. The molecule has 1 aliphatic rings. The molecule has 0 fully saturated rings. The molecular formula is C20H18O5S. The van der Waals surface area contributed by atoms with Gasteiger partial charge in [-0.25, -0.2) is 4.79 Å². The summed E-state index contributed by atoms with van der Waals surface area (Å²) < 4.78 is 22.8. The zero-order chi connectivity index (χ0) is 18.4. The van der Waals surface area contributed by atoms with E-state index >= 15 is 0 Å². The molecule has 2 aromatic carbocycles. The average molecular weight is 370 g/mol. The molecule has 0 bridgehead atoms. The number of hydrogen-bond acceptors (Lipinski definition) is 6. The highest BCUT2D eigenvalue weighted by atomic mass is 32.1. The molecule has 0 N–H and O–H groups in total. The van der Waals surface area contributed by atoms with Crippen LogP contribution >= 0.6 is 11.3 Å². The first-order valence-electron chi connectivity index (χ1n) is 8.11. The van der Waals surface area contributed by atoms with Gasteiger partial charge in [0.05, 0.1) is 26.9 Å². The summed E-state index contributed by atoms with van der Waals surface area (Å²) in [6.45, 7) is 2.37. The van der Waals surface area contributed by atoms with Crippen LogP contribution in [0, 0.1) is 6.92 Å². The second-order valence-electron chi connectivity index (χ2n) is 6.04. The Labute approximate surface area is 155 Å². The topological polar surface area (TPSA) is 54.0 Å². The number of carbonyl (C=O) groups is 1. The van der Waals surface area contributed by atoms with Crippen molar-refractivity contribution in [2.75, 3.05) is 21.3 Å². The van der Waals surface area contributed by atoms with E-state index in [1.54, 1.807) is 32.7 Å². The molecule has 2 heterocycles. The van der Waals surface area contributed by atoms with Gasteiger partial charge in [-0.1, -0.05) is 0 Å². The van der Waals surface area contributed by atoms with Crippen LogP contribution in [0.25, 0.3) is 21.2 Å². The summed E-state index contributed by atoms with van der Waals surface area (Å²) in [6.07, 6.45) is 0. The van der Waals surface area contributed by atoms with Gasteiger partial charge in [0.2, 0.25) is 5.75 Å². The van der Waals surface area contributed by atoms with Crippen LogP contribution in [0.2, 0.25) is 0 Å². The van der Waals surface area contributed by atoms with E-state index in [2.05, 4.69) is 19.1 Å². The SMILES string of the molecule is COc1cc(-c2c3c(cc4sc(C)cc24)COC3=O)cc(OC)c1OC. The van der Waals surface area contributed by atoms with Crippen molar-refractivity contribution in [2.24, 2.45) is 0 Å². The second kappa shape index (κ2) is 6.21. The molecule has 1 aromatic heterocycles. The quantitative estimate of drug-likeness (QED) is 0.630. The third-order valence-electron chi connectivity index (χ3n) is 4.55. The van der Waals surface area contributed by atoms with Crippen molar-refractivity contribution >= 4 is 27.4 Å². The van der Waals surface area contributed by atoms with Crippen LogP contribution < -0.4 is 14.2 Å². The predicted molar refractivity (Wildman–Crippen MR) is 101 cm³/mol. The first-order valence-corrected chi connectivity index (χ1v) is 8.92. The summed E-state index contributed by atoms with van der Waals surface area (Å²) in [6, 6.07) is 7.89. The molecule has 0 atom stereocenters. The van der Waals surface area contributed by atoms with Crippen LogP contribution in [0.3, 0.4) is 0 Å². The van der Waals surface area contributed by atoms with Gasteiger partial charge in [-0.15, -0.1) is 11.3 Å². The van der Waals surface area contributed by atoms with Crippen molar-refractivity contribution in [1.82, 2.24) is 0 Å². The predicted octanol–water partition coefficient (Wildman–Crippen LogP) is 4.57. The number of thiophene rings is 1. The third kappa shape index (κ3) is 2.41. The van der Waals surface area contributed by atoms with Gasteiger partial charge in [0.15, 0.2) is 11.5 Å². The molecule has 0 aliphatic carbocycles. The van der Waals surface area contributed by atoms with Gasteiger partial charge in [0, 0.05) is 26.1 Å². The number of ether oxygens (including phenoxy) is 4. The Balaban J connectivity index is 2.09. The number of esters is 1. The number of methoxy groups -OCH3 is 3. The highest BCUT2D eigenvalue weighted by molar-refractivity contribution is 7.19. The number of carbonyl (C=O) groups excluding carboxylic acids is 1. The Hall–Kier alpha value is -2.73. The Morgan fingerprint density at radius 1 is 0.962 bits per heavy atom. The first kappa shape index (κ1) is 16.7. The minimum absolute atomic E-state index is 0.297. The molecular weight excluding hydrogens is 352 g/mol. The molecule has 1 aliphatic heterocycles. The maximum atomic E-state index is 12.4. The van der Waals surface area contributed by atoms with Gasteiger partial charge in [0.1, 0.15) is 6.61 Å². The zero-order valence-electron chi connectivity index (χ0n) is 15.0. The van der Waals surface area contributed by atoms with E-state index in [-0.39, 0.29) is 5.97 Å². The summed E-state index contributed by atoms with van der Waals surface area (Å²) in [5.41, 5.74) is 3.21. The molecule has 0 radical (unpaired) electrons. The smallest absolute Gasteiger partial charge is 0.339 e. The van der Waals surface area contributed by atoms with Gasteiger partial charge in [-0.2, -0.15) is 0 Å². The summed E-state index contributed by atoms with van der Waals surface area (Å²) in [5, 5.41) is 1.03. The number of hydrogen-bond donors (Lipinski definition) is 0. The van der Waals surface area contributed by atoms with Gasteiger partial charge < -0.3 is 18.9 Å². The molecule has 0 saturated heterocycles. The lowest BCUT2D eigenvalue weighted by Gasteiger charge is -2.16. The fourth-order valence-corrected chi connectivity index (χ4v) is 4.44. The molecule has 0 unspecified atom stereocenters. The lowest BCUT2D eigenvalue weighted by atomic mass is 9.93. The van der Waals surface area contributed by atoms with Crippen molar-refractivity contribution in [3.63, 3.8) is 0 Å². The Morgan fingerprint density at radius 2 is 1.65 bits per heavy atom. The zero-order valence-corrected chi connectivity index (χ0v) is 15.8. The molecule has 6 heteroatoms. The number of aryl methyl sites for hydroxylation is 1. The number of rotatable bonds is 4. The fourth-order valence-electron chi connectivity index (χ4n) is 3.45. The van der Waals surface area contributed by atoms with E-state index in [1.807, 2.05) is 12.1 Å². The van der Waals surface area contributed by atoms with Crippen molar-refractivity contribution < 1.29 is 23.7 Å². The normalized spacial score (nSPS) is 12.8. The number of fused-ring (bicyclic) bond motifs is 2. The third-order valence-corrected chi connectivity index (χ3v) is 5.54. The van der Waals surface area contributed by atoms with Crippen LogP contribution in [0.1, 0.15) is 20.8 Å². The molecule has 0 amide bonds. The minimum atomic E-state index is -0.297. The lowest BCUT2D eigenvalue weighted by Crippen LogP contribution is -2.00. The van der Waals surface area contributed by atoms with Crippen LogP contribution in [0.4, 0.5) is 0 Å². The molecule has 26 heavy (non-hydrogen) atoms. The Morgan fingerprint density at radius 3 is 2.27 bits per heavy atom. The Kier molecular flexibility index (Phi) is 4.00. The molecule has 3 aromatic rings. The number of cyclic esters (lactones) is 1. The van der Waals surface area contributed by atoms with Crippen molar-refractivity contribution in [1.29, 1.82) is 0 Å². The van der Waals surface area contributed by atoms with E-state index in [0.29, 0.717) is 29.4 Å². The van der Waals surface area contributed by atoms with Gasteiger partial charge in [-0.3, -0.25) is 0 Å². The Bertz CT molecular complexity index is 1010. The highest BCUT2D eigenvalue weighted by Crippen LogP contribution is 2.46. The maximum Gasteiger partial charge on any atom is 0.339 e. The molecule has 5 nitrogen and oxygen atoms in total. The van der Waals surface area contributed by atoms with E-state index in [9.17, 15) is 4.79 Å². The minimum Gasteiger partial charge on any atom is -0.493 e. The highest BCUT2D eigenvalue weighted by Gasteiger charge is 2.29. The van der Waals surface area contributed by atoms with Crippen LogP contribution in [-0.2, 0) is 11.3 Å². The first-order chi connectivity index (χ1) is 12.6. The van der Waals surface area contributed by atoms with Crippen molar-refractivity contribution in [2.45, 2.75) is 13.5 Å². The van der Waals surface area contributed by atoms with Crippen LogP contribution in [0.15, 0.2) is 24.3 Å². The van der Waals surface area contributed by atoms with E-state index < -0.39 is 0 Å². The van der Waals surface area contributed by atoms with E-state index in [0.717, 1.165) is 26.8 Å². The average Bonchev–Trinajstić information content (AvgIpc) is 3.20. The summed E-state index contributed by atoms with van der Waals surface area (Å²) in [4.78, 5) is 13.6. The summed E-state index contributed by atoms with van der Waals surface area (Å²) >= 11 is 1.70. The van der Waals surface area contributed by atoms with Crippen LogP contribution in [0.5, 0.6) is 17.2 Å². The monoisotopic (exact) mass is 370 g/mol.